The van der Waals surface area contributed by atoms with Crippen LogP contribution in [0, 0.1) is 5.92 Å². The molecule has 1 aliphatic rings. The Labute approximate surface area is 120 Å². The van der Waals surface area contributed by atoms with E-state index in [1.807, 2.05) is 6.07 Å². The second-order valence-electron chi connectivity index (χ2n) is 5.75. The molecule has 2 N–H and O–H groups in total. The molecule has 0 amide bonds. The summed E-state index contributed by atoms with van der Waals surface area (Å²) in [5.74, 6) is 1.53. The van der Waals surface area contributed by atoms with Crippen LogP contribution in [0.2, 0.25) is 0 Å². The Morgan fingerprint density at radius 1 is 1.20 bits per heavy atom. The monoisotopic (exact) mass is 270 g/mol. The molecule has 3 heteroatoms. The first kappa shape index (κ1) is 13.4. The summed E-state index contributed by atoms with van der Waals surface area (Å²) in [7, 11) is 0. The minimum atomic E-state index is 0.196. The second-order valence-corrected chi connectivity index (χ2v) is 5.75. The summed E-state index contributed by atoms with van der Waals surface area (Å²) in [6, 6.07) is 15.1. The van der Waals surface area contributed by atoms with Crippen molar-refractivity contribution in [2.75, 3.05) is 13.1 Å². The van der Waals surface area contributed by atoms with Crippen molar-refractivity contribution in [3.05, 3.63) is 60.1 Å². The second kappa shape index (κ2) is 5.81. The number of furan rings is 1. The zero-order valence-corrected chi connectivity index (χ0v) is 11.9. The lowest BCUT2D eigenvalue weighted by Crippen LogP contribution is -2.47. The van der Waals surface area contributed by atoms with Crippen LogP contribution in [0.25, 0.3) is 0 Å². The lowest BCUT2D eigenvalue weighted by molar-refractivity contribution is 0.122. The highest BCUT2D eigenvalue weighted by atomic mass is 16.3. The van der Waals surface area contributed by atoms with Gasteiger partial charge in [-0.1, -0.05) is 37.3 Å². The molecule has 2 aromatic rings. The molecule has 2 heterocycles. The van der Waals surface area contributed by atoms with Gasteiger partial charge in [0.05, 0.1) is 12.3 Å². The average molecular weight is 270 g/mol. The molecular weight excluding hydrogens is 248 g/mol. The van der Waals surface area contributed by atoms with Gasteiger partial charge in [0.2, 0.25) is 0 Å². The van der Waals surface area contributed by atoms with Crippen LogP contribution in [-0.2, 0) is 0 Å². The number of rotatable bonds is 3. The summed E-state index contributed by atoms with van der Waals surface area (Å²) in [6.07, 6.45) is 2.80. The largest absolute Gasteiger partial charge is 0.467 e. The van der Waals surface area contributed by atoms with Crippen molar-refractivity contribution in [2.24, 2.45) is 11.7 Å². The van der Waals surface area contributed by atoms with Crippen LogP contribution in [0.5, 0.6) is 0 Å². The van der Waals surface area contributed by atoms with Gasteiger partial charge in [-0.15, -0.1) is 0 Å². The summed E-state index contributed by atoms with van der Waals surface area (Å²) in [5, 5.41) is 0. The summed E-state index contributed by atoms with van der Waals surface area (Å²) in [5.41, 5.74) is 7.43. The van der Waals surface area contributed by atoms with E-state index >= 15 is 0 Å². The molecule has 0 aliphatic carbocycles. The van der Waals surface area contributed by atoms with Crippen molar-refractivity contribution < 1.29 is 4.42 Å². The van der Waals surface area contributed by atoms with E-state index in [4.69, 9.17) is 10.2 Å². The van der Waals surface area contributed by atoms with E-state index in [2.05, 4.69) is 48.2 Å². The number of hydrogen-bond donors (Lipinski definition) is 1. The molecule has 1 fully saturated rings. The highest BCUT2D eigenvalue weighted by Gasteiger charge is 2.31. The summed E-state index contributed by atoms with van der Waals surface area (Å²) < 4.78 is 5.69. The maximum Gasteiger partial charge on any atom is 0.125 e. The van der Waals surface area contributed by atoms with Gasteiger partial charge in [-0.3, -0.25) is 4.90 Å². The first-order valence-corrected chi connectivity index (χ1v) is 7.33. The highest BCUT2D eigenvalue weighted by Crippen LogP contribution is 2.32. The van der Waals surface area contributed by atoms with Gasteiger partial charge >= 0.3 is 0 Å². The van der Waals surface area contributed by atoms with Crippen LogP contribution >= 0.6 is 0 Å². The van der Waals surface area contributed by atoms with Crippen molar-refractivity contribution in [3.63, 3.8) is 0 Å². The fourth-order valence-corrected chi connectivity index (χ4v) is 3.07. The molecule has 20 heavy (non-hydrogen) atoms. The quantitative estimate of drug-likeness (QED) is 0.932. The van der Waals surface area contributed by atoms with Gasteiger partial charge in [0.25, 0.3) is 0 Å². The predicted octanol–water partition coefficient (Wildman–Crippen LogP) is 3.04. The van der Waals surface area contributed by atoms with E-state index in [-0.39, 0.29) is 6.04 Å². The van der Waals surface area contributed by atoms with Crippen molar-refractivity contribution in [2.45, 2.75) is 25.4 Å². The maximum absolute atomic E-state index is 6.15. The molecule has 1 saturated heterocycles. The van der Waals surface area contributed by atoms with Crippen LogP contribution in [0.15, 0.2) is 53.1 Å². The van der Waals surface area contributed by atoms with Crippen molar-refractivity contribution >= 4 is 0 Å². The number of nitrogens with zero attached hydrogens (tertiary/aromatic N) is 1. The van der Waals surface area contributed by atoms with E-state index in [1.165, 1.54) is 5.56 Å². The van der Waals surface area contributed by atoms with E-state index in [1.54, 1.807) is 6.26 Å². The SMILES string of the molecule is CC1CN(C(c2ccccc2)c2ccco2)CCC1N. The zero-order chi connectivity index (χ0) is 13.9. The first-order valence-electron chi connectivity index (χ1n) is 7.33. The molecule has 0 spiro atoms. The number of hydrogen-bond acceptors (Lipinski definition) is 3. The molecule has 1 aliphatic heterocycles. The highest BCUT2D eigenvalue weighted by molar-refractivity contribution is 5.26. The average Bonchev–Trinajstić information content (AvgIpc) is 2.98. The molecule has 0 saturated carbocycles. The van der Waals surface area contributed by atoms with Crippen molar-refractivity contribution in [1.82, 2.24) is 4.90 Å². The van der Waals surface area contributed by atoms with Crippen LogP contribution in [-0.4, -0.2) is 24.0 Å². The Bertz CT molecular complexity index is 523. The molecule has 3 atom stereocenters. The lowest BCUT2D eigenvalue weighted by Gasteiger charge is -2.39. The summed E-state index contributed by atoms with van der Waals surface area (Å²) in [6.45, 7) is 4.27. The molecule has 3 unspecified atom stereocenters. The van der Waals surface area contributed by atoms with E-state index in [0.29, 0.717) is 12.0 Å². The van der Waals surface area contributed by atoms with Gasteiger partial charge in [0.1, 0.15) is 5.76 Å². The smallest absolute Gasteiger partial charge is 0.125 e. The van der Waals surface area contributed by atoms with Gasteiger partial charge in [-0.25, -0.2) is 0 Å². The molecule has 0 bridgehead atoms. The van der Waals surface area contributed by atoms with E-state index in [9.17, 15) is 0 Å². The number of piperidine rings is 1. The van der Waals surface area contributed by atoms with Crippen molar-refractivity contribution in [1.29, 1.82) is 0 Å². The minimum Gasteiger partial charge on any atom is -0.467 e. The van der Waals surface area contributed by atoms with Gasteiger partial charge in [-0.2, -0.15) is 0 Å². The summed E-state index contributed by atoms with van der Waals surface area (Å²) >= 11 is 0. The molecule has 1 aromatic heterocycles. The predicted molar refractivity (Wildman–Crippen MR) is 80.3 cm³/mol. The van der Waals surface area contributed by atoms with Crippen molar-refractivity contribution in [3.8, 4) is 0 Å². The number of likely N-dealkylation sites (tertiary alicyclic amines) is 1. The fraction of sp³-hybridized carbons (Fsp3) is 0.412. The third-order valence-electron chi connectivity index (χ3n) is 4.30. The van der Waals surface area contributed by atoms with E-state index in [0.717, 1.165) is 25.3 Å². The van der Waals surface area contributed by atoms with Crippen LogP contribution in [0.3, 0.4) is 0 Å². The van der Waals surface area contributed by atoms with Gasteiger partial charge < -0.3 is 10.2 Å². The van der Waals surface area contributed by atoms with Gasteiger partial charge in [0.15, 0.2) is 0 Å². The standard InChI is InChI=1S/C17H22N2O/c1-13-12-19(10-9-15(13)18)17(16-8-5-11-20-16)14-6-3-2-4-7-14/h2-8,11,13,15,17H,9-10,12,18H2,1H3. The molecule has 3 rings (SSSR count). The molecular formula is C17H22N2O. The first-order chi connectivity index (χ1) is 9.75. The van der Waals surface area contributed by atoms with Crippen LogP contribution < -0.4 is 5.73 Å². The van der Waals surface area contributed by atoms with Gasteiger partial charge in [-0.05, 0) is 30.0 Å². The Balaban J connectivity index is 1.91. The normalized spacial score (nSPS) is 25.5. The lowest BCUT2D eigenvalue weighted by atomic mass is 9.91. The van der Waals surface area contributed by atoms with Gasteiger partial charge in [0, 0.05) is 19.1 Å². The topological polar surface area (TPSA) is 42.4 Å². The number of nitrogens with two attached hydrogens (primary N) is 1. The summed E-state index contributed by atoms with van der Waals surface area (Å²) in [4.78, 5) is 2.49. The zero-order valence-electron chi connectivity index (χ0n) is 11.9. The molecule has 3 nitrogen and oxygen atoms in total. The van der Waals surface area contributed by atoms with E-state index < -0.39 is 0 Å². The third-order valence-corrected chi connectivity index (χ3v) is 4.30. The Morgan fingerprint density at radius 2 is 2.00 bits per heavy atom. The van der Waals surface area contributed by atoms with Crippen LogP contribution in [0.4, 0.5) is 0 Å². The molecule has 0 radical (unpaired) electrons. The minimum absolute atomic E-state index is 0.196. The third kappa shape index (κ3) is 2.65. The number of benzene rings is 1. The Hall–Kier alpha value is -1.58. The Morgan fingerprint density at radius 3 is 2.65 bits per heavy atom. The molecule has 1 aromatic carbocycles. The maximum atomic E-state index is 6.15. The fourth-order valence-electron chi connectivity index (χ4n) is 3.07. The van der Waals surface area contributed by atoms with Crippen LogP contribution in [0.1, 0.15) is 30.7 Å². The Kier molecular flexibility index (Phi) is 3.90. The molecule has 106 valence electrons.